The van der Waals surface area contributed by atoms with Crippen LogP contribution in [-0.4, -0.2) is 21.5 Å². The zero-order valence-electron chi connectivity index (χ0n) is 16.4. The van der Waals surface area contributed by atoms with Crippen molar-refractivity contribution in [3.8, 4) is 0 Å². The van der Waals surface area contributed by atoms with Gasteiger partial charge < -0.3 is 4.90 Å². The molecular weight excluding hydrogens is 436 g/mol. The van der Waals surface area contributed by atoms with Gasteiger partial charge >= 0.3 is 10.2 Å². The Bertz CT molecular complexity index is 920. The molecule has 0 saturated carbocycles. The molecule has 0 aromatic heterocycles. The summed E-state index contributed by atoms with van der Waals surface area (Å²) in [4.78, 5) is 1.74. The quantitative estimate of drug-likeness (QED) is 0.273. The first-order chi connectivity index (χ1) is 13.8. The molecule has 2 aromatic rings. The van der Waals surface area contributed by atoms with E-state index in [-0.39, 0.29) is 15.7 Å². The van der Waals surface area contributed by atoms with E-state index in [0.717, 1.165) is 56.6 Å². The van der Waals surface area contributed by atoms with Crippen molar-refractivity contribution >= 4 is 50.5 Å². The number of unbranched alkanes of at least 4 members (excludes halogenated alkanes) is 2. The predicted octanol–water partition coefficient (Wildman–Crippen LogP) is 7.47. The third kappa shape index (κ3) is 6.94. The van der Waals surface area contributed by atoms with Gasteiger partial charge in [-0.05, 0) is 49.2 Å². The Hall–Kier alpha value is -1.70. The molecule has 0 fully saturated rings. The fourth-order valence-corrected chi connectivity index (χ4v) is 3.89. The van der Waals surface area contributed by atoms with E-state index in [1.54, 1.807) is 0 Å². The molecule has 0 unspecified atom stereocenters. The third-order valence-corrected chi connectivity index (χ3v) is 5.69. The fraction of sp³-hybridized carbons (Fsp3) is 0.400. The molecule has 5 nitrogen and oxygen atoms in total. The normalized spacial score (nSPS) is 11.9. The third-order valence-electron chi connectivity index (χ3n) is 4.32. The van der Waals surface area contributed by atoms with E-state index in [1.807, 2.05) is 24.3 Å². The van der Waals surface area contributed by atoms with Crippen LogP contribution in [0.25, 0.3) is 0 Å². The maximum Gasteiger partial charge on any atom is 0.332 e. The van der Waals surface area contributed by atoms with Crippen molar-refractivity contribution in [2.24, 2.45) is 10.2 Å². The van der Waals surface area contributed by atoms with Gasteiger partial charge in [-0.2, -0.15) is 13.5 Å². The molecule has 2 aromatic carbocycles. The zero-order chi connectivity index (χ0) is 21.4. The van der Waals surface area contributed by atoms with Crippen LogP contribution in [0, 0.1) is 0 Å². The number of nitrogens with zero attached hydrogens (tertiary/aromatic N) is 3. The summed E-state index contributed by atoms with van der Waals surface area (Å²) in [5.74, 6) is 0. The van der Waals surface area contributed by atoms with Gasteiger partial charge in [0.05, 0.1) is 15.7 Å². The lowest BCUT2D eigenvalue weighted by molar-refractivity contribution is 0.552. The SMILES string of the molecule is CCCCN(CCCC)c1ccc(/N=N/c2c(Cl)cc(S(=O)(=O)F)cc2Cl)cc1. The minimum Gasteiger partial charge on any atom is -0.372 e. The van der Waals surface area contributed by atoms with E-state index >= 15 is 0 Å². The van der Waals surface area contributed by atoms with Crippen molar-refractivity contribution in [1.29, 1.82) is 0 Å². The maximum absolute atomic E-state index is 13.1. The number of benzene rings is 2. The second-order valence-corrected chi connectivity index (χ2v) is 8.75. The molecule has 0 radical (unpaired) electrons. The monoisotopic (exact) mass is 459 g/mol. The first kappa shape index (κ1) is 23.6. The Morgan fingerprint density at radius 3 is 1.90 bits per heavy atom. The Morgan fingerprint density at radius 2 is 1.45 bits per heavy atom. The molecule has 0 heterocycles. The van der Waals surface area contributed by atoms with Gasteiger partial charge in [-0.3, -0.25) is 0 Å². The Labute approximate surface area is 181 Å². The Morgan fingerprint density at radius 1 is 0.931 bits per heavy atom. The molecule has 0 bridgehead atoms. The van der Waals surface area contributed by atoms with Gasteiger partial charge in [-0.15, -0.1) is 9.00 Å². The highest BCUT2D eigenvalue weighted by atomic mass is 35.5. The summed E-state index contributed by atoms with van der Waals surface area (Å²) in [5.41, 5.74) is 1.80. The summed E-state index contributed by atoms with van der Waals surface area (Å²) < 4.78 is 35.1. The molecule has 0 atom stereocenters. The van der Waals surface area contributed by atoms with Crippen LogP contribution in [0.2, 0.25) is 10.0 Å². The lowest BCUT2D eigenvalue weighted by Crippen LogP contribution is -2.25. The van der Waals surface area contributed by atoms with Gasteiger partial charge in [0.15, 0.2) is 0 Å². The highest BCUT2D eigenvalue weighted by Crippen LogP contribution is 2.37. The summed E-state index contributed by atoms with van der Waals surface area (Å²) in [5, 5.41) is 7.92. The topological polar surface area (TPSA) is 62.1 Å². The molecule has 0 aliphatic heterocycles. The molecule has 158 valence electrons. The first-order valence-electron chi connectivity index (χ1n) is 9.46. The zero-order valence-corrected chi connectivity index (χ0v) is 18.7. The highest BCUT2D eigenvalue weighted by molar-refractivity contribution is 7.86. The van der Waals surface area contributed by atoms with Crippen LogP contribution in [0.15, 0.2) is 51.5 Å². The summed E-state index contributed by atoms with van der Waals surface area (Å²) in [6.45, 7) is 6.36. The lowest BCUT2D eigenvalue weighted by atomic mass is 10.2. The summed E-state index contributed by atoms with van der Waals surface area (Å²) in [6, 6.07) is 9.57. The van der Waals surface area contributed by atoms with E-state index in [9.17, 15) is 12.3 Å². The molecule has 9 heteroatoms. The summed E-state index contributed by atoms with van der Waals surface area (Å²) in [7, 11) is -4.90. The van der Waals surface area contributed by atoms with Gasteiger partial charge in [-0.1, -0.05) is 49.9 Å². The number of halogens is 3. The first-order valence-corrected chi connectivity index (χ1v) is 11.6. The minimum absolute atomic E-state index is 0.0809. The Balaban J connectivity index is 2.19. The van der Waals surface area contributed by atoms with E-state index in [4.69, 9.17) is 23.2 Å². The van der Waals surface area contributed by atoms with Crippen LogP contribution in [-0.2, 0) is 10.2 Å². The minimum atomic E-state index is -4.90. The van der Waals surface area contributed by atoms with Crippen LogP contribution in [0.4, 0.5) is 20.9 Å². The van der Waals surface area contributed by atoms with E-state index < -0.39 is 15.1 Å². The number of hydrogen-bond donors (Lipinski definition) is 0. The molecule has 29 heavy (non-hydrogen) atoms. The molecule has 0 amide bonds. The van der Waals surface area contributed by atoms with Crippen molar-refractivity contribution in [2.45, 2.75) is 44.4 Å². The fourth-order valence-electron chi connectivity index (χ4n) is 2.68. The van der Waals surface area contributed by atoms with E-state index in [0.29, 0.717) is 5.69 Å². The molecule has 0 spiro atoms. The van der Waals surface area contributed by atoms with E-state index in [1.165, 1.54) is 0 Å². The van der Waals surface area contributed by atoms with Crippen LogP contribution in [0.5, 0.6) is 0 Å². The average molecular weight is 460 g/mol. The van der Waals surface area contributed by atoms with Crippen LogP contribution in [0.3, 0.4) is 0 Å². The van der Waals surface area contributed by atoms with Crippen LogP contribution >= 0.6 is 23.2 Å². The molecule has 0 aliphatic carbocycles. The van der Waals surface area contributed by atoms with Crippen molar-refractivity contribution < 1.29 is 12.3 Å². The largest absolute Gasteiger partial charge is 0.372 e. The lowest BCUT2D eigenvalue weighted by Gasteiger charge is -2.24. The van der Waals surface area contributed by atoms with Gasteiger partial charge in [0.25, 0.3) is 0 Å². The van der Waals surface area contributed by atoms with Gasteiger partial charge in [-0.25, -0.2) is 0 Å². The van der Waals surface area contributed by atoms with Crippen molar-refractivity contribution in [1.82, 2.24) is 0 Å². The molecular formula is C20H24Cl2FN3O2S. The standard InChI is InChI=1S/C20H24Cl2FN3O2S/c1-3-5-11-26(12-6-4-2)16-9-7-15(8-10-16)24-25-20-18(21)13-17(14-19(20)22)29(23,27)28/h7-10,13-14H,3-6,11-12H2,1-2H3/b25-24+. The molecule has 0 saturated heterocycles. The average Bonchev–Trinajstić information content (AvgIpc) is 2.67. The van der Waals surface area contributed by atoms with Gasteiger partial charge in [0, 0.05) is 18.8 Å². The maximum atomic E-state index is 13.1. The van der Waals surface area contributed by atoms with Crippen LogP contribution < -0.4 is 4.90 Å². The second kappa shape index (κ2) is 10.9. The van der Waals surface area contributed by atoms with Crippen LogP contribution in [0.1, 0.15) is 39.5 Å². The predicted molar refractivity (Wildman–Crippen MR) is 117 cm³/mol. The number of anilines is 1. The number of azo groups is 1. The smallest absolute Gasteiger partial charge is 0.332 e. The molecule has 0 N–H and O–H groups in total. The Kier molecular flexibility index (Phi) is 8.86. The van der Waals surface area contributed by atoms with Gasteiger partial charge in [0.2, 0.25) is 0 Å². The van der Waals surface area contributed by atoms with E-state index in [2.05, 4.69) is 29.0 Å². The molecule has 2 rings (SSSR count). The highest BCUT2D eigenvalue weighted by Gasteiger charge is 2.17. The second-order valence-electron chi connectivity index (χ2n) is 6.58. The number of hydrogen-bond acceptors (Lipinski definition) is 5. The number of rotatable bonds is 10. The van der Waals surface area contributed by atoms with Crippen molar-refractivity contribution in [2.75, 3.05) is 18.0 Å². The summed E-state index contributed by atoms with van der Waals surface area (Å²) in [6.07, 6.45) is 4.54. The summed E-state index contributed by atoms with van der Waals surface area (Å²) >= 11 is 12.0. The van der Waals surface area contributed by atoms with Crippen molar-refractivity contribution in [3.05, 3.63) is 46.4 Å². The van der Waals surface area contributed by atoms with Crippen molar-refractivity contribution in [3.63, 3.8) is 0 Å². The van der Waals surface area contributed by atoms with Gasteiger partial charge in [0.1, 0.15) is 10.6 Å². The molecule has 0 aliphatic rings.